The molecular formula is C35H39F3N14O7. The number of aromatic nitrogens is 8. The van der Waals surface area contributed by atoms with Gasteiger partial charge in [-0.15, -0.1) is 10.2 Å². The third-order valence-electron chi connectivity index (χ3n) is 8.02. The molecule has 3 amide bonds. The zero-order chi connectivity index (χ0) is 43.5. The van der Waals surface area contributed by atoms with Gasteiger partial charge in [-0.1, -0.05) is 0 Å². The molecule has 2 aliphatic heterocycles. The monoisotopic (exact) mass is 824 g/mol. The average molecular weight is 825 g/mol. The normalized spacial score (nSPS) is 16.1. The minimum absolute atomic E-state index is 0.0331. The molecule has 0 saturated carbocycles. The van der Waals surface area contributed by atoms with E-state index in [1.807, 2.05) is 6.07 Å². The van der Waals surface area contributed by atoms with Crippen molar-refractivity contribution in [2.75, 3.05) is 37.1 Å². The van der Waals surface area contributed by atoms with Gasteiger partial charge in [0.25, 0.3) is 5.91 Å². The number of nitrogens with one attached hydrogen (secondary N) is 1. The molecule has 2 aromatic heterocycles. The first kappa shape index (κ1) is 44.5. The van der Waals surface area contributed by atoms with Gasteiger partial charge in [-0.25, -0.2) is 14.2 Å². The molecule has 2 atom stereocenters. The van der Waals surface area contributed by atoms with Crippen LogP contribution in [-0.4, -0.2) is 116 Å². The van der Waals surface area contributed by atoms with E-state index in [0.717, 1.165) is 5.56 Å². The number of fused-ring (bicyclic) bond motifs is 2. The number of alkyl halides is 3. The Morgan fingerprint density at radius 3 is 1.78 bits per heavy atom. The number of nitriles is 2. The van der Waals surface area contributed by atoms with Crippen molar-refractivity contribution in [1.82, 2.24) is 45.7 Å². The Morgan fingerprint density at radius 2 is 1.34 bits per heavy atom. The fourth-order valence-electron chi connectivity index (χ4n) is 5.29. The van der Waals surface area contributed by atoms with Crippen LogP contribution < -0.4 is 30.3 Å². The summed E-state index contributed by atoms with van der Waals surface area (Å²) in [5.41, 5.74) is 7.61. The minimum Gasteiger partial charge on any atom is -0.489 e. The fourth-order valence-corrected chi connectivity index (χ4v) is 5.29. The van der Waals surface area contributed by atoms with Crippen molar-refractivity contribution < 1.29 is 46.6 Å². The first-order chi connectivity index (χ1) is 27.9. The standard InChI is InChI=1S/C19H23N7O4.C14H15N7O2.C2HF3O/c1-19(2,3)30-18(28)21-13-11-29-15-7-6-12(10-14(15)25(4)17(13)27)16-22-23-24-26(16)9-5-8-20;1-20-11-7-9(13-17-18-19-21(13)6-2-5-15)3-4-12(11)23-8-10(16)14(20)22;3-2(4,5)1-6/h6-7,10,13H,5,9,11H2,1-4H3,(H,21,28);3-4,7,10H,2,6,8,16H2,1H3;1H/t13-;10-;/m00./s1. The number of carbonyl (C=O) groups excluding carboxylic acids is 4. The number of carbonyl (C=O) groups is 4. The lowest BCUT2D eigenvalue weighted by Gasteiger charge is -2.23. The number of anilines is 2. The Bertz CT molecular complexity index is 2230. The van der Waals surface area contributed by atoms with Crippen molar-refractivity contribution in [3.8, 4) is 46.4 Å². The second-order valence-electron chi connectivity index (χ2n) is 13.5. The number of tetrazole rings is 2. The van der Waals surface area contributed by atoms with E-state index in [9.17, 15) is 27.6 Å². The van der Waals surface area contributed by atoms with Crippen molar-refractivity contribution in [1.29, 1.82) is 10.5 Å². The van der Waals surface area contributed by atoms with E-state index in [1.165, 1.54) is 14.5 Å². The number of amides is 3. The van der Waals surface area contributed by atoms with Crippen LogP contribution in [0.15, 0.2) is 36.4 Å². The molecule has 2 aromatic carbocycles. The van der Waals surface area contributed by atoms with Crippen LogP contribution in [0.25, 0.3) is 22.8 Å². The van der Waals surface area contributed by atoms with Gasteiger partial charge in [-0.05, 0) is 78.0 Å². The van der Waals surface area contributed by atoms with Crippen LogP contribution in [0, 0.1) is 22.7 Å². The lowest BCUT2D eigenvalue weighted by atomic mass is 10.1. The summed E-state index contributed by atoms with van der Waals surface area (Å²) in [6.45, 7) is 6.07. The molecule has 0 saturated heterocycles. The summed E-state index contributed by atoms with van der Waals surface area (Å²) in [7, 11) is 3.25. The summed E-state index contributed by atoms with van der Waals surface area (Å²) in [4.78, 5) is 48.7. The molecule has 4 aromatic rings. The van der Waals surface area contributed by atoms with Crippen LogP contribution in [0.1, 0.15) is 33.6 Å². The van der Waals surface area contributed by atoms with Gasteiger partial charge in [0, 0.05) is 25.2 Å². The van der Waals surface area contributed by atoms with Gasteiger partial charge < -0.3 is 35.1 Å². The second-order valence-corrected chi connectivity index (χ2v) is 13.5. The smallest absolute Gasteiger partial charge is 0.446 e. The Morgan fingerprint density at radius 1 is 0.881 bits per heavy atom. The van der Waals surface area contributed by atoms with Gasteiger partial charge in [0.2, 0.25) is 12.2 Å². The van der Waals surface area contributed by atoms with Crippen LogP contribution >= 0.6 is 0 Å². The van der Waals surface area contributed by atoms with Gasteiger partial charge in [-0.2, -0.15) is 23.7 Å². The molecule has 0 radical (unpaired) electrons. The van der Waals surface area contributed by atoms with Gasteiger partial charge in [0.15, 0.2) is 11.6 Å². The first-order valence-electron chi connectivity index (χ1n) is 17.5. The van der Waals surface area contributed by atoms with E-state index in [4.69, 9.17) is 35.3 Å². The van der Waals surface area contributed by atoms with Crippen molar-refractivity contribution in [2.24, 2.45) is 5.73 Å². The zero-order valence-corrected chi connectivity index (χ0v) is 32.4. The maximum atomic E-state index is 12.9. The van der Waals surface area contributed by atoms with Gasteiger partial charge in [-0.3, -0.25) is 14.4 Å². The van der Waals surface area contributed by atoms with Crippen molar-refractivity contribution >= 4 is 35.6 Å². The van der Waals surface area contributed by atoms with Crippen molar-refractivity contribution in [3.63, 3.8) is 0 Å². The summed E-state index contributed by atoms with van der Waals surface area (Å²) in [6, 6.07) is 13.1. The van der Waals surface area contributed by atoms with Crippen LogP contribution in [0.2, 0.25) is 0 Å². The molecule has 21 nitrogen and oxygen atoms in total. The van der Waals surface area contributed by atoms with Crippen LogP contribution in [0.4, 0.5) is 29.3 Å². The highest BCUT2D eigenvalue weighted by atomic mass is 19.4. The minimum atomic E-state index is -4.64. The number of rotatable bonds is 7. The molecular weight excluding hydrogens is 785 g/mol. The summed E-state index contributed by atoms with van der Waals surface area (Å²) in [5, 5.41) is 43.2. The van der Waals surface area contributed by atoms with E-state index in [2.05, 4.69) is 48.5 Å². The molecule has 24 heteroatoms. The van der Waals surface area contributed by atoms with Crippen LogP contribution in [0.3, 0.4) is 0 Å². The number of benzene rings is 2. The average Bonchev–Trinajstić information content (AvgIpc) is 3.84. The first-order valence-corrected chi connectivity index (χ1v) is 17.5. The third kappa shape index (κ3) is 11.9. The number of halogens is 3. The molecule has 0 bridgehead atoms. The van der Waals surface area contributed by atoms with Gasteiger partial charge >= 0.3 is 12.3 Å². The number of alkyl carbamates (subject to hydrolysis) is 1. The second kappa shape index (κ2) is 19.3. The molecule has 6 rings (SSSR count). The molecule has 0 spiro atoms. The van der Waals surface area contributed by atoms with E-state index in [-0.39, 0.29) is 31.4 Å². The summed E-state index contributed by atoms with van der Waals surface area (Å²) in [5.74, 6) is 1.50. The van der Waals surface area contributed by atoms with Gasteiger partial charge in [0.1, 0.15) is 42.4 Å². The number of ether oxygens (including phenoxy) is 3. The maximum absolute atomic E-state index is 12.9. The summed E-state index contributed by atoms with van der Waals surface area (Å²) < 4.78 is 50.9. The molecule has 59 heavy (non-hydrogen) atoms. The van der Waals surface area contributed by atoms with Gasteiger partial charge in [0.05, 0.1) is 49.4 Å². The Labute approximate surface area is 334 Å². The predicted molar refractivity (Wildman–Crippen MR) is 198 cm³/mol. The molecule has 4 heterocycles. The summed E-state index contributed by atoms with van der Waals surface area (Å²) >= 11 is 0. The number of hydrogen-bond donors (Lipinski definition) is 2. The number of aryl methyl sites for hydroxylation is 2. The Balaban J connectivity index is 0.000000235. The molecule has 0 unspecified atom stereocenters. The molecule has 0 aliphatic carbocycles. The topological polar surface area (TPSA) is 275 Å². The van der Waals surface area contributed by atoms with E-state index in [1.54, 1.807) is 69.9 Å². The summed E-state index contributed by atoms with van der Waals surface area (Å²) in [6.07, 6.45) is -5.82. The number of aldehydes is 1. The third-order valence-corrected chi connectivity index (χ3v) is 8.02. The number of nitrogens with zero attached hydrogens (tertiary/aromatic N) is 12. The lowest BCUT2D eigenvalue weighted by molar-refractivity contribution is -0.156. The highest BCUT2D eigenvalue weighted by Crippen LogP contribution is 2.35. The molecule has 312 valence electrons. The molecule has 2 aliphatic rings. The fraction of sp³-hybridized carbons (Fsp3) is 0.429. The zero-order valence-electron chi connectivity index (χ0n) is 32.4. The van der Waals surface area contributed by atoms with Crippen LogP contribution in [-0.2, 0) is 32.2 Å². The van der Waals surface area contributed by atoms with Crippen LogP contribution in [0.5, 0.6) is 11.5 Å². The van der Waals surface area contributed by atoms with Crippen molar-refractivity contribution in [2.45, 2.75) is 70.6 Å². The van der Waals surface area contributed by atoms with Crippen molar-refractivity contribution in [3.05, 3.63) is 36.4 Å². The Hall–Kier alpha value is -7.21. The highest BCUT2D eigenvalue weighted by Gasteiger charge is 2.33. The number of likely N-dealkylation sites (N-methyl/N-ethyl adjacent to an activating group) is 2. The molecule has 0 fully saturated rings. The van der Waals surface area contributed by atoms with E-state index in [0.29, 0.717) is 59.6 Å². The number of nitrogens with two attached hydrogens (primary N) is 1. The quantitative estimate of drug-likeness (QED) is 0.253. The Kier molecular flexibility index (Phi) is 14.6. The van der Waals surface area contributed by atoms with E-state index >= 15 is 0 Å². The number of hydrogen-bond acceptors (Lipinski definition) is 16. The highest BCUT2D eigenvalue weighted by molar-refractivity contribution is 6.01. The molecule has 3 N–H and O–H groups in total. The lowest BCUT2D eigenvalue weighted by Crippen LogP contribution is -2.50. The van der Waals surface area contributed by atoms with E-state index < -0.39 is 36.2 Å². The SMILES string of the molecule is CN1C(=O)[C@@H](N)COc2ccc(-c3nnnn3CCC#N)cc21.CN1C(=O)[C@@H](NC(=O)OC(C)(C)C)COc2ccc(-c3nnnn3CCC#N)cc21.O=CC(F)(F)F. The largest absolute Gasteiger partial charge is 0.489 e. The maximum Gasteiger partial charge on any atom is 0.446 e. The predicted octanol–water partition coefficient (Wildman–Crippen LogP) is 2.19.